The molecule has 0 bridgehead atoms. The zero-order valence-corrected chi connectivity index (χ0v) is 17.4. The minimum atomic E-state index is -0.0266. The fourth-order valence-electron chi connectivity index (χ4n) is 3.13. The summed E-state index contributed by atoms with van der Waals surface area (Å²) in [5, 5.41) is 12.6. The summed E-state index contributed by atoms with van der Waals surface area (Å²) in [6.07, 6.45) is 1.86. The maximum atomic E-state index is 12.6. The second-order valence-corrected chi connectivity index (χ2v) is 7.57. The van der Waals surface area contributed by atoms with Crippen molar-refractivity contribution in [2.75, 3.05) is 11.1 Å². The quantitative estimate of drug-likeness (QED) is 0.549. The van der Waals surface area contributed by atoms with Gasteiger partial charge in [-0.2, -0.15) is 0 Å². The second kappa shape index (κ2) is 9.55. The molecule has 1 aromatic heterocycles. The number of para-hydroxylation sites is 1. The van der Waals surface area contributed by atoms with Crippen LogP contribution in [0.3, 0.4) is 0 Å². The van der Waals surface area contributed by atoms with Gasteiger partial charge >= 0.3 is 0 Å². The minimum Gasteiger partial charge on any atom is -0.325 e. The second-order valence-electron chi connectivity index (χ2n) is 6.62. The first-order chi connectivity index (χ1) is 13.6. The number of aromatic nitrogens is 3. The Morgan fingerprint density at radius 1 is 1.07 bits per heavy atom. The van der Waals surface area contributed by atoms with Crippen molar-refractivity contribution in [3.05, 3.63) is 59.7 Å². The molecule has 0 aliphatic rings. The first-order valence-electron chi connectivity index (χ1n) is 9.63. The monoisotopic (exact) mass is 394 g/mol. The van der Waals surface area contributed by atoms with Gasteiger partial charge in [-0.05, 0) is 30.9 Å². The van der Waals surface area contributed by atoms with Crippen molar-refractivity contribution in [2.45, 2.75) is 45.3 Å². The highest BCUT2D eigenvalue weighted by atomic mass is 32.2. The molecule has 28 heavy (non-hydrogen) atoms. The van der Waals surface area contributed by atoms with E-state index in [4.69, 9.17) is 0 Å². The fraction of sp³-hybridized carbons (Fsp3) is 0.318. The molecule has 6 heteroatoms. The van der Waals surface area contributed by atoms with Crippen molar-refractivity contribution in [2.24, 2.45) is 0 Å². The Morgan fingerprint density at radius 3 is 2.57 bits per heavy atom. The lowest BCUT2D eigenvalue weighted by molar-refractivity contribution is -0.113. The molecule has 0 spiro atoms. The molecule has 0 aliphatic heterocycles. The Hall–Kier alpha value is -2.60. The van der Waals surface area contributed by atoms with Gasteiger partial charge in [0.15, 0.2) is 11.0 Å². The molecule has 1 N–H and O–H groups in total. The van der Waals surface area contributed by atoms with Crippen molar-refractivity contribution in [1.82, 2.24) is 14.8 Å². The van der Waals surface area contributed by atoms with Gasteiger partial charge < -0.3 is 9.88 Å². The molecule has 0 fully saturated rings. The standard InChI is InChI=1S/C22H26N4OS/c1-4-14-26-21(18-11-7-6-8-12-18)24-25-22(26)28-15-19(27)23-20-16(3)10-9-13-17(20)5-2/h6-13H,4-5,14-15H2,1-3H3,(H,23,27). The summed E-state index contributed by atoms with van der Waals surface area (Å²) in [6, 6.07) is 16.1. The van der Waals surface area contributed by atoms with Gasteiger partial charge in [0.05, 0.1) is 5.75 Å². The van der Waals surface area contributed by atoms with Gasteiger partial charge in [0.25, 0.3) is 0 Å². The molecule has 1 amide bonds. The Bertz CT molecular complexity index is 937. The van der Waals surface area contributed by atoms with Gasteiger partial charge in [-0.15, -0.1) is 10.2 Å². The first-order valence-corrected chi connectivity index (χ1v) is 10.6. The molecule has 1 heterocycles. The zero-order chi connectivity index (χ0) is 19.9. The number of thioether (sulfide) groups is 1. The van der Waals surface area contributed by atoms with Crippen LogP contribution in [0.2, 0.25) is 0 Å². The van der Waals surface area contributed by atoms with E-state index in [0.717, 1.165) is 52.7 Å². The van der Waals surface area contributed by atoms with Gasteiger partial charge in [0.1, 0.15) is 0 Å². The van der Waals surface area contributed by atoms with E-state index < -0.39 is 0 Å². The number of nitrogens with one attached hydrogen (secondary N) is 1. The Morgan fingerprint density at radius 2 is 1.86 bits per heavy atom. The van der Waals surface area contributed by atoms with Crippen LogP contribution in [0, 0.1) is 6.92 Å². The van der Waals surface area contributed by atoms with Crippen LogP contribution >= 0.6 is 11.8 Å². The van der Waals surface area contributed by atoms with Gasteiger partial charge in [-0.1, -0.05) is 74.1 Å². The molecule has 2 aromatic carbocycles. The Labute approximate surface area is 170 Å². The third kappa shape index (κ3) is 4.62. The van der Waals surface area contributed by atoms with Crippen LogP contribution in [0.5, 0.6) is 0 Å². The van der Waals surface area contributed by atoms with E-state index in [1.165, 1.54) is 11.8 Å². The van der Waals surface area contributed by atoms with Crippen LogP contribution in [0.25, 0.3) is 11.4 Å². The fourth-order valence-corrected chi connectivity index (χ4v) is 3.89. The van der Waals surface area contributed by atoms with Crippen molar-refractivity contribution in [3.8, 4) is 11.4 Å². The van der Waals surface area contributed by atoms with Crippen LogP contribution in [0.4, 0.5) is 5.69 Å². The molecule has 0 saturated carbocycles. The average Bonchev–Trinajstić information content (AvgIpc) is 3.11. The van der Waals surface area contributed by atoms with Crippen LogP contribution < -0.4 is 5.32 Å². The molecular formula is C22H26N4OS. The number of amides is 1. The molecule has 0 aliphatic carbocycles. The molecule has 3 rings (SSSR count). The van der Waals surface area contributed by atoms with Crippen molar-refractivity contribution in [1.29, 1.82) is 0 Å². The van der Waals surface area contributed by atoms with E-state index in [1.54, 1.807) is 0 Å². The summed E-state index contributed by atoms with van der Waals surface area (Å²) in [4.78, 5) is 12.6. The first kappa shape index (κ1) is 20.1. The van der Waals surface area contributed by atoms with E-state index in [0.29, 0.717) is 5.75 Å². The van der Waals surface area contributed by atoms with Crippen LogP contribution in [0.1, 0.15) is 31.4 Å². The molecule has 0 unspecified atom stereocenters. The van der Waals surface area contributed by atoms with E-state index >= 15 is 0 Å². The molecule has 0 radical (unpaired) electrons. The topological polar surface area (TPSA) is 59.8 Å². The molecule has 0 atom stereocenters. The number of hydrogen-bond acceptors (Lipinski definition) is 4. The molecular weight excluding hydrogens is 368 g/mol. The number of carbonyl (C=O) groups is 1. The highest BCUT2D eigenvalue weighted by molar-refractivity contribution is 7.99. The zero-order valence-electron chi connectivity index (χ0n) is 16.6. The highest BCUT2D eigenvalue weighted by Gasteiger charge is 2.16. The number of nitrogens with zero attached hydrogens (tertiary/aromatic N) is 3. The third-order valence-electron chi connectivity index (χ3n) is 4.53. The normalized spacial score (nSPS) is 10.8. The maximum Gasteiger partial charge on any atom is 0.234 e. The molecule has 3 aromatic rings. The predicted molar refractivity (Wildman–Crippen MR) is 116 cm³/mol. The van der Waals surface area contributed by atoms with Gasteiger partial charge in [-0.25, -0.2) is 0 Å². The highest BCUT2D eigenvalue weighted by Crippen LogP contribution is 2.25. The Balaban J connectivity index is 1.73. The van der Waals surface area contributed by atoms with Gasteiger partial charge in [0, 0.05) is 17.8 Å². The number of rotatable bonds is 8. The largest absolute Gasteiger partial charge is 0.325 e. The summed E-state index contributed by atoms with van der Waals surface area (Å²) in [5.74, 6) is 1.12. The lowest BCUT2D eigenvalue weighted by atomic mass is 10.1. The summed E-state index contributed by atoms with van der Waals surface area (Å²) >= 11 is 1.43. The Kier molecular flexibility index (Phi) is 6.87. The smallest absolute Gasteiger partial charge is 0.234 e. The lowest BCUT2D eigenvalue weighted by Gasteiger charge is -2.13. The number of hydrogen-bond donors (Lipinski definition) is 1. The molecule has 5 nitrogen and oxygen atoms in total. The van der Waals surface area contributed by atoms with Crippen molar-refractivity contribution < 1.29 is 4.79 Å². The average molecular weight is 395 g/mol. The number of anilines is 1. The van der Waals surface area contributed by atoms with Crippen molar-refractivity contribution in [3.63, 3.8) is 0 Å². The summed E-state index contributed by atoms with van der Waals surface area (Å²) in [5.41, 5.74) is 4.19. The van der Waals surface area contributed by atoms with E-state index in [9.17, 15) is 4.79 Å². The minimum absolute atomic E-state index is 0.0266. The van der Waals surface area contributed by atoms with E-state index in [2.05, 4.69) is 40.0 Å². The van der Waals surface area contributed by atoms with Crippen LogP contribution in [-0.2, 0) is 17.8 Å². The third-order valence-corrected chi connectivity index (χ3v) is 5.50. The summed E-state index contributed by atoms with van der Waals surface area (Å²) in [6.45, 7) is 7.06. The van der Waals surface area contributed by atoms with Crippen LogP contribution in [-0.4, -0.2) is 26.4 Å². The molecule has 0 saturated heterocycles. The number of benzene rings is 2. The summed E-state index contributed by atoms with van der Waals surface area (Å²) < 4.78 is 2.10. The number of aryl methyl sites for hydroxylation is 2. The lowest BCUT2D eigenvalue weighted by Crippen LogP contribution is -2.16. The maximum absolute atomic E-state index is 12.6. The van der Waals surface area contributed by atoms with E-state index in [-0.39, 0.29) is 5.91 Å². The summed E-state index contributed by atoms with van der Waals surface area (Å²) in [7, 11) is 0. The van der Waals surface area contributed by atoms with Crippen LogP contribution in [0.15, 0.2) is 53.7 Å². The predicted octanol–water partition coefficient (Wildman–Crippen LogP) is 4.96. The molecule has 146 valence electrons. The van der Waals surface area contributed by atoms with Gasteiger partial charge in [0.2, 0.25) is 5.91 Å². The van der Waals surface area contributed by atoms with Gasteiger partial charge in [-0.3, -0.25) is 4.79 Å². The van der Waals surface area contributed by atoms with Crippen molar-refractivity contribution >= 4 is 23.4 Å². The SMILES string of the molecule is CCCn1c(SCC(=O)Nc2c(C)cccc2CC)nnc1-c1ccccc1. The number of carbonyl (C=O) groups excluding carboxylic acids is 1. The van der Waals surface area contributed by atoms with E-state index in [1.807, 2.05) is 49.4 Å².